The van der Waals surface area contributed by atoms with E-state index in [4.69, 9.17) is 0 Å². The van der Waals surface area contributed by atoms with E-state index in [-0.39, 0.29) is 62.7 Å². The Morgan fingerprint density at radius 3 is 1.60 bits per heavy atom. The molecule has 0 amide bonds. The molecule has 0 N–H and O–H groups in total. The van der Waals surface area contributed by atoms with Gasteiger partial charge in [0.05, 0.1) is 0 Å². The molecule has 2 saturated carbocycles. The standard InChI is InChI=1S/C47H47Br2.2ClH.Zr/c1-31-39(32-15-9-10-16-32)38(40(33-17-21-36(48)22-18-33)34-19-23-37(49)24-20-34)29-35-30-45(6)43(4)27-12-11-25-41(43,2)42(3)26-13-14-28-44(42,5)47(45,8)46(31,35)7;;;/h9-15,17-30H,16H2,1-8H3;2*1H;/q;;;+2/p-2. The van der Waals surface area contributed by atoms with Crippen LogP contribution < -0.4 is 24.8 Å². The van der Waals surface area contributed by atoms with Crippen molar-refractivity contribution in [3.8, 4) is 0 Å². The van der Waals surface area contributed by atoms with Crippen LogP contribution in [0.15, 0.2) is 158 Å². The predicted molar refractivity (Wildman–Crippen MR) is 214 cm³/mol. The number of rotatable bonds is 3. The first kappa shape index (κ1) is 40.2. The zero-order valence-corrected chi connectivity index (χ0v) is 38.5. The van der Waals surface area contributed by atoms with Crippen molar-refractivity contribution in [2.24, 2.45) is 37.9 Å². The molecule has 0 aliphatic heterocycles. The Morgan fingerprint density at radius 2 is 1.12 bits per heavy atom. The summed E-state index contributed by atoms with van der Waals surface area (Å²) < 4.78 is 2.60. The summed E-state index contributed by atoms with van der Waals surface area (Å²) in [7, 11) is 0. The van der Waals surface area contributed by atoms with Gasteiger partial charge in [-0.15, -0.1) is 0 Å². The molecule has 8 atom stereocenters. The minimum atomic E-state index is -0.187. The molecule has 267 valence electrons. The van der Waals surface area contributed by atoms with Gasteiger partial charge in [-0.2, -0.15) is 0 Å². The van der Waals surface area contributed by atoms with Crippen molar-refractivity contribution in [2.75, 3.05) is 0 Å². The van der Waals surface area contributed by atoms with Crippen LogP contribution in [0.1, 0.15) is 72.9 Å². The number of halogens is 4. The third-order valence-electron chi connectivity index (χ3n) is 16.1. The van der Waals surface area contributed by atoms with E-state index in [1.165, 1.54) is 39.0 Å². The fourth-order valence-corrected chi connectivity index (χ4v) is 15.4. The molecule has 2 fully saturated rings. The van der Waals surface area contributed by atoms with Crippen molar-refractivity contribution in [3.63, 3.8) is 0 Å². The van der Waals surface area contributed by atoms with Crippen LogP contribution in [-0.2, 0) is 24.7 Å². The molecule has 0 nitrogen and oxygen atoms in total. The van der Waals surface area contributed by atoms with Crippen LogP contribution in [0.5, 0.6) is 0 Å². The molecule has 0 heterocycles. The van der Waals surface area contributed by atoms with E-state index in [0.29, 0.717) is 3.63 Å². The quantitative estimate of drug-likeness (QED) is 0.295. The fraction of sp³-hybridized carbons (Fsp3) is 0.362. The largest absolute Gasteiger partial charge is 1.00 e. The van der Waals surface area contributed by atoms with Crippen molar-refractivity contribution in [1.29, 1.82) is 0 Å². The summed E-state index contributed by atoms with van der Waals surface area (Å²) in [6, 6.07) is 17.9. The summed E-state index contributed by atoms with van der Waals surface area (Å²) in [5, 5.41) is 0. The molecule has 6 aliphatic rings. The summed E-state index contributed by atoms with van der Waals surface area (Å²) >= 11 is 9.05. The van der Waals surface area contributed by atoms with Crippen molar-refractivity contribution in [1.82, 2.24) is 0 Å². The summed E-state index contributed by atoms with van der Waals surface area (Å²) in [6.07, 6.45) is 30.4. The van der Waals surface area contributed by atoms with Gasteiger partial charge in [0, 0.05) is 0 Å². The number of hydrogen-bond donors (Lipinski definition) is 0. The van der Waals surface area contributed by atoms with E-state index in [1.54, 1.807) is 30.3 Å². The first-order valence-electron chi connectivity index (χ1n) is 18.1. The Balaban J connectivity index is 0.00000232. The molecule has 0 aromatic heterocycles. The van der Waals surface area contributed by atoms with Crippen molar-refractivity contribution in [2.45, 2.75) is 65.4 Å². The smallest absolute Gasteiger partial charge is 1.00 e. The minimum absolute atomic E-state index is 0. The molecule has 8 rings (SSSR count). The molecule has 8 unspecified atom stereocenters. The minimum Gasteiger partial charge on any atom is -1.00 e. The van der Waals surface area contributed by atoms with Gasteiger partial charge < -0.3 is 24.8 Å². The van der Waals surface area contributed by atoms with E-state index in [2.05, 4.69) is 209 Å². The van der Waals surface area contributed by atoms with Gasteiger partial charge in [0.25, 0.3) is 0 Å². The number of benzene rings is 2. The van der Waals surface area contributed by atoms with Gasteiger partial charge in [-0.25, -0.2) is 0 Å². The number of allylic oxidation sites excluding steroid dienone is 17. The second-order valence-electron chi connectivity index (χ2n) is 16.9. The molecule has 52 heavy (non-hydrogen) atoms. The van der Waals surface area contributed by atoms with Crippen LogP contribution in [0.2, 0.25) is 3.63 Å². The molecule has 2 aromatic rings. The van der Waals surface area contributed by atoms with Gasteiger partial charge in [-0.05, 0) is 0 Å². The molecule has 0 spiro atoms. The first-order chi connectivity index (χ1) is 23.6. The third kappa shape index (κ3) is 4.47. The van der Waals surface area contributed by atoms with Gasteiger partial charge >= 0.3 is 335 Å². The summed E-state index contributed by atoms with van der Waals surface area (Å²) in [5.74, 6) is 0. The van der Waals surface area contributed by atoms with E-state index in [9.17, 15) is 0 Å². The van der Waals surface area contributed by atoms with E-state index < -0.39 is 0 Å². The average molecular weight is 934 g/mol. The third-order valence-corrected chi connectivity index (χ3v) is 19.4. The van der Waals surface area contributed by atoms with Crippen LogP contribution in [0.25, 0.3) is 5.57 Å². The zero-order chi connectivity index (χ0) is 35.7. The normalized spacial score (nSPS) is 39.2. The SMILES string of the molecule is CC1=C(C2=CC=CC2)C(=C(c2ccc(Br)cc2)c2ccc(Br)cc2)C=C2[CH]([Zr+2])C3(C)C4(C)C=CC=CC4(C)C4(C)C=CC=CC4(C)C3(C)C21C.[Cl-].[Cl-]. The van der Waals surface area contributed by atoms with Crippen LogP contribution in [0.4, 0.5) is 0 Å². The van der Waals surface area contributed by atoms with Crippen molar-refractivity contribution >= 4 is 37.4 Å². The first-order valence-corrected chi connectivity index (χ1v) is 21.1. The van der Waals surface area contributed by atoms with E-state index in [0.717, 1.165) is 15.4 Å². The molecule has 6 aliphatic carbocycles. The van der Waals surface area contributed by atoms with Gasteiger partial charge in [-0.1, -0.05) is 0 Å². The van der Waals surface area contributed by atoms with Crippen molar-refractivity contribution < 1.29 is 49.5 Å². The van der Waals surface area contributed by atoms with E-state index >= 15 is 0 Å². The summed E-state index contributed by atoms with van der Waals surface area (Å²) in [5.41, 5.74) is 10.4. The van der Waals surface area contributed by atoms with Gasteiger partial charge in [0.2, 0.25) is 0 Å². The molecule has 0 radical (unpaired) electrons. The second-order valence-corrected chi connectivity index (χ2v) is 20.1. The van der Waals surface area contributed by atoms with E-state index in [1.807, 2.05) is 0 Å². The van der Waals surface area contributed by atoms with Crippen LogP contribution in [-0.4, -0.2) is 0 Å². The molecule has 0 bridgehead atoms. The zero-order valence-electron chi connectivity index (χ0n) is 31.3. The Hall–Kier alpha value is -1.48. The summed E-state index contributed by atoms with van der Waals surface area (Å²) in [6.45, 7) is 21.0. The van der Waals surface area contributed by atoms with Crippen LogP contribution in [0, 0.1) is 37.9 Å². The molecular formula is C47H47Br2Cl2Zr. The molecule has 5 heteroatoms. The van der Waals surface area contributed by atoms with Crippen molar-refractivity contribution in [3.05, 3.63) is 169 Å². The topological polar surface area (TPSA) is 0 Å². The maximum absolute atomic E-state index is 3.73. The number of fused-ring (bicyclic) bond motifs is 8. The maximum atomic E-state index is 3.73. The molecular weight excluding hydrogens is 886 g/mol. The van der Waals surface area contributed by atoms with Crippen LogP contribution >= 0.6 is 31.9 Å². The Bertz CT molecular complexity index is 2080. The predicted octanol–water partition coefficient (Wildman–Crippen LogP) is 7.82. The average Bonchev–Trinajstić information content (AvgIpc) is 3.67. The second kappa shape index (κ2) is 13.1. The Labute approximate surface area is 356 Å². The monoisotopic (exact) mass is 929 g/mol. The van der Waals surface area contributed by atoms with Gasteiger partial charge in [-0.3, -0.25) is 0 Å². The number of hydrogen-bond acceptors (Lipinski definition) is 0. The molecule has 0 saturated heterocycles. The Morgan fingerprint density at radius 1 is 0.654 bits per heavy atom. The Kier molecular flexibility index (Phi) is 10.1. The van der Waals surface area contributed by atoms with Crippen LogP contribution in [0.3, 0.4) is 0 Å². The maximum Gasteiger partial charge on any atom is -1.00 e. The van der Waals surface area contributed by atoms with Gasteiger partial charge in [0.15, 0.2) is 0 Å². The fourth-order valence-electron chi connectivity index (χ4n) is 12.5. The molecule has 2 aromatic carbocycles. The van der Waals surface area contributed by atoms with Gasteiger partial charge in [0.1, 0.15) is 0 Å². The summed E-state index contributed by atoms with van der Waals surface area (Å²) in [4.78, 5) is 0.